The fraction of sp³-hybridized carbons (Fsp3) is 0.409. The van der Waals surface area contributed by atoms with Crippen molar-refractivity contribution in [3.8, 4) is 5.75 Å². The molecule has 4 rings (SSSR count). The number of ether oxygens (including phenoxy) is 1. The molecule has 2 heterocycles. The molecular weight excluding hydrogens is 388 g/mol. The molecule has 7 heteroatoms. The molecule has 2 fully saturated rings. The summed E-state index contributed by atoms with van der Waals surface area (Å²) < 4.78 is 30.1. The molecule has 2 aromatic carbocycles. The van der Waals surface area contributed by atoms with Crippen molar-refractivity contribution in [2.75, 3.05) is 24.6 Å². The zero-order valence-electron chi connectivity index (χ0n) is 16.3. The molecule has 154 valence electrons. The molecule has 0 bridgehead atoms. The Morgan fingerprint density at radius 2 is 1.69 bits per heavy atom. The summed E-state index contributed by atoms with van der Waals surface area (Å²) in [5, 5.41) is 2.95. The molecule has 2 aliphatic heterocycles. The molecule has 29 heavy (non-hydrogen) atoms. The molecular formula is C22H26N2O4S. The minimum absolute atomic E-state index is 0.0121. The lowest BCUT2D eigenvalue weighted by Crippen LogP contribution is -2.50. The maximum Gasteiger partial charge on any atom is 0.251 e. The van der Waals surface area contributed by atoms with Crippen LogP contribution >= 0.6 is 0 Å². The number of benzene rings is 2. The molecule has 2 aliphatic rings. The quantitative estimate of drug-likeness (QED) is 0.785. The normalized spacial score (nSPS) is 23.7. The molecule has 1 N–H and O–H groups in total. The van der Waals surface area contributed by atoms with Crippen molar-refractivity contribution in [1.82, 2.24) is 10.2 Å². The SMILES string of the molecule is O=C(NC1CS(=O)(=O)CC1N1CCCC1)c1ccc(OCc2ccccc2)cc1. The third-order valence-electron chi connectivity index (χ3n) is 5.61. The molecule has 0 radical (unpaired) electrons. The summed E-state index contributed by atoms with van der Waals surface area (Å²) >= 11 is 0. The maximum absolute atomic E-state index is 12.7. The van der Waals surface area contributed by atoms with Crippen LogP contribution in [0.1, 0.15) is 28.8 Å². The van der Waals surface area contributed by atoms with E-state index in [2.05, 4.69) is 10.2 Å². The summed E-state index contributed by atoms with van der Waals surface area (Å²) in [6.45, 7) is 2.27. The highest BCUT2D eigenvalue weighted by molar-refractivity contribution is 7.91. The summed E-state index contributed by atoms with van der Waals surface area (Å²) in [7, 11) is -3.13. The number of hydrogen-bond acceptors (Lipinski definition) is 5. The molecule has 2 unspecified atom stereocenters. The van der Waals surface area contributed by atoms with Gasteiger partial charge in [-0.15, -0.1) is 0 Å². The molecule has 0 spiro atoms. The lowest BCUT2D eigenvalue weighted by atomic mass is 10.1. The second kappa shape index (κ2) is 8.55. The van der Waals surface area contributed by atoms with E-state index in [1.54, 1.807) is 24.3 Å². The minimum Gasteiger partial charge on any atom is -0.489 e. The Hall–Kier alpha value is -2.38. The average molecular weight is 415 g/mol. The number of amides is 1. The van der Waals surface area contributed by atoms with Gasteiger partial charge >= 0.3 is 0 Å². The van der Waals surface area contributed by atoms with Gasteiger partial charge in [-0.05, 0) is 55.8 Å². The largest absolute Gasteiger partial charge is 0.489 e. The maximum atomic E-state index is 12.7. The minimum atomic E-state index is -3.13. The molecule has 0 aromatic heterocycles. The van der Waals surface area contributed by atoms with Crippen molar-refractivity contribution in [1.29, 1.82) is 0 Å². The van der Waals surface area contributed by atoms with Crippen molar-refractivity contribution in [2.45, 2.75) is 31.5 Å². The van der Waals surface area contributed by atoms with Gasteiger partial charge < -0.3 is 10.1 Å². The standard InChI is InChI=1S/C22H26N2O4S/c25-22(23-20-15-29(26,27)16-21(20)24-12-4-5-13-24)18-8-10-19(11-9-18)28-14-17-6-2-1-3-7-17/h1-3,6-11,20-21H,4-5,12-16H2,(H,23,25). The number of likely N-dealkylation sites (tertiary alicyclic amines) is 1. The predicted molar refractivity (Wildman–Crippen MR) is 112 cm³/mol. The number of carbonyl (C=O) groups is 1. The van der Waals surface area contributed by atoms with E-state index in [-0.39, 0.29) is 29.5 Å². The third-order valence-corrected chi connectivity index (χ3v) is 7.33. The van der Waals surface area contributed by atoms with Crippen LogP contribution in [0.4, 0.5) is 0 Å². The van der Waals surface area contributed by atoms with E-state index in [4.69, 9.17) is 4.74 Å². The van der Waals surface area contributed by atoms with Crippen LogP contribution in [0, 0.1) is 0 Å². The van der Waals surface area contributed by atoms with Crippen LogP contribution in [0.5, 0.6) is 5.75 Å². The van der Waals surface area contributed by atoms with Crippen LogP contribution < -0.4 is 10.1 Å². The summed E-state index contributed by atoms with van der Waals surface area (Å²) in [4.78, 5) is 14.9. The number of nitrogens with zero attached hydrogens (tertiary/aromatic N) is 1. The average Bonchev–Trinajstić information content (AvgIpc) is 3.35. The van der Waals surface area contributed by atoms with Gasteiger partial charge in [0.1, 0.15) is 12.4 Å². The fourth-order valence-electron chi connectivity index (χ4n) is 4.10. The first-order valence-electron chi connectivity index (χ1n) is 10.0. The summed E-state index contributed by atoms with van der Waals surface area (Å²) in [6.07, 6.45) is 2.17. The second-order valence-electron chi connectivity index (χ2n) is 7.77. The molecule has 2 atom stereocenters. The first-order valence-corrected chi connectivity index (χ1v) is 11.8. The van der Waals surface area contributed by atoms with E-state index in [0.29, 0.717) is 17.9 Å². The number of nitrogens with one attached hydrogen (secondary N) is 1. The van der Waals surface area contributed by atoms with E-state index in [9.17, 15) is 13.2 Å². The van der Waals surface area contributed by atoms with Gasteiger partial charge in [0.05, 0.1) is 17.5 Å². The fourth-order valence-corrected chi connectivity index (χ4v) is 6.05. The third kappa shape index (κ3) is 4.97. The number of carbonyl (C=O) groups excluding carboxylic acids is 1. The van der Waals surface area contributed by atoms with Crippen LogP contribution in [0.2, 0.25) is 0 Å². The molecule has 0 aliphatic carbocycles. The highest BCUT2D eigenvalue weighted by Crippen LogP contribution is 2.23. The first kappa shape index (κ1) is 19.9. The van der Waals surface area contributed by atoms with Gasteiger partial charge in [-0.3, -0.25) is 9.69 Å². The summed E-state index contributed by atoms with van der Waals surface area (Å²) in [6, 6.07) is 16.3. The number of hydrogen-bond donors (Lipinski definition) is 1. The molecule has 6 nitrogen and oxygen atoms in total. The molecule has 0 saturated carbocycles. The van der Waals surface area contributed by atoms with E-state index < -0.39 is 9.84 Å². The topological polar surface area (TPSA) is 75.7 Å². The highest BCUT2D eigenvalue weighted by Gasteiger charge is 2.42. The first-order chi connectivity index (χ1) is 14.0. The smallest absolute Gasteiger partial charge is 0.251 e. The van der Waals surface area contributed by atoms with Crippen molar-refractivity contribution >= 4 is 15.7 Å². The highest BCUT2D eigenvalue weighted by atomic mass is 32.2. The lowest BCUT2D eigenvalue weighted by Gasteiger charge is -2.28. The Labute approximate surface area is 171 Å². The van der Waals surface area contributed by atoms with E-state index >= 15 is 0 Å². The van der Waals surface area contributed by atoms with E-state index in [1.165, 1.54) is 0 Å². The van der Waals surface area contributed by atoms with Crippen LogP contribution in [0.3, 0.4) is 0 Å². The molecule has 2 saturated heterocycles. The summed E-state index contributed by atoms with van der Waals surface area (Å²) in [5.41, 5.74) is 1.58. The van der Waals surface area contributed by atoms with Gasteiger partial charge in [0.2, 0.25) is 0 Å². The zero-order chi connectivity index (χ0) is 20.3. The Kier molecular flexibility index (Phi) is 5.87. The second-order valence-corrected chi connectivity index (χ2v) is 9.92. The van der Waals surface area contributed by atoms with E-state index in [1.807, 2.05) is 30.3 Å². The van der Waals surface area contributed by atoms with Crippen molar-refractivity contribution in [3.05, 3.63) is 65.7 Å². The van der Waals surface area contributed by atoms with Crippen LogP contribution in [0.25, 0.3) is 0 Å². The Balaban J connectivity index is 1.37. The van der Waals surface area contributed by atoms with E-state index in [0.717, 1.165) is 31.5 Å². The summed E-state index contributed by atoms with van der Waals surface area (Å²) in [5.74, 6) is 0.581. The van der Waals surface area contributed by atoms with Crippen LogP contribution in [-0.4, -0.2) is 55.9 Å². The predicted octanol–water partition coefficient (Wildman–Crippen LogP) is 2.26. The number of sulfone groups is 1. The monoisotopic (exact) mass is 414 g/mol. The zero-order valence-corrected chi connectivity index (χ0v) is 17.1. The van der Waals surface area contributed by atoms with Crippen molar-refractivity contribution in [3.63, 3.8) is 0 Å². The van der Waals surface area contributed by atoms with Crippen molar-refractivity contribution < 1.29 is 17.9 Å². The Bertz CT molecular complexity index is 939. The van der Waals surface area contributed by atoms with Crippen LogP contribution in [-0.2, 0) is 16.4 Å². The Morgan fingerprint density at radius 1 is 1.00 bits per heavy atom. The van der Waals surface area contributed by atoms with Gasteiger partial charge in [-0.1, -0.05) is 30.3 Å². The van der Waals surface area contributed by atoms with Gasteiger partial charge in [-0.2, -0.15) is 0 Å². The van der Waals surface area contributed by atoms with Gasteiger partial charge in [-0.25, -0.2) is 8.42 Å². The lowest BCUT2D eigenvalue weighted by molar-refractivity contribution is 0.0918. The molecule has 1 amide bonds. The van der Waals surface area contributed by atoms with Crippen LogP contribution in [0.15, 0.2) is 54.6 Å². The van der Waals surface area contributed by atoms with Gasteiger partial charge in [0.15, 0.2) is 9.84 Å². The molecule has 2 aromatic rings. The Morgan fingerprint density at radius 3 is 2.38 bits per heavy atom. The number of rotatable bonds is 6. The van der Waals surface area contributed by atoms with Gasteiger partial charge in [0.25, 0.3) is 5.91 Å². The van der Waals surface area contributed by atoms with Crippen molar-refractivity contribution in [2.24, 2.45) is 0 Å². The van der Waals surface area contributed by atoms with Gasteiger partial charge in [0, 0.05) is 11.6 Å².